The molecule has 1 aromatic heterocycles. The van der Waals surface area contributed by atoms with E-state index in [1.165, 1.54) is 12.1 Å². The number of para-hydroxylation sites is 1. The van der Waals surface area contributed by atoms with E-state index in [0.29, 0.717) is 34.3 Å². The minimum absolute atomic E-state index is 0.0983. The zero-order chi connectivity index (χ0) is 22.8. The fraction of sp³-hybridized carbons (Fsp3) is 0.261. The summed E-state index contributed by atoms with van der Waals surface area (Å²) in [7, 11) is 1.97. The third-order valence-corrected chi connectivity index (χ3v) is 5.55. The molecular weight excluding hydrogens is 412 g/mol. The summed E-state index contributed by atoms with van der Waals surface area (Å²) in [5.74, 6) is -1.17. The van der Waals surface area contributed by atoms with Gasteiger partial charge in [0.2, 0.25) is 0 Å². The Labute approximate surface area is 184 Å². The molecule has 32 heavy (non-hydrogen) atoms. The van der Waals surface area contributed by atoms with Gasteiger partial charge in [-0.25, -0.2) is 4.79 Å². The number of benzene rings is 2. The molecule has 1 N–H and O–H groups in total. The zero-order valence-corrected chi connectivity index (χ0v) is 17.8. The number of amides is 1. The van der Waals surface area contributed by atoms with Crippen molar-refractivity contribution in [2.75, 3.05) is 25.5 Å². The number of carbonyl (C=O) groups is 2. The van der Waals surface area contributed by atoms with Crippen LogP contribution in [-0.4, -0.2) is 46.9 Å². The normalized spacial score (nSPS) is 13.4. The first-order valence-corrected chi connectivity index (χ1v) is 10.1. The molecule has 3 aromatic rings. The molecule has 1 aliphatic rings. The number of hydrogen-bond acceptors (Lipinski definition) is 7. The fourth-order valence-corrected chi connectivity index (χ4v) is 3.90. The first-order valence-electron chi connectivity index (χ1n) is 10.1. The van der Waals surface area contributed by atoms with Gasteiger partial charge in [-0.05, 0) is 26.1 Å². The predicted octanol–water partition coefficient (Wildman–Crippen LogP) is 3.23. The third-order valence-electron chi connectivity index (χ3n) is 5.55. The molecule has 0 aliphatic carbocycles. The first-order chi connectivity index (χ1) is 15.3. The molecule has 9 nitrogen and oxygen atoms in total. The summed E-state index contributed by atoms with van der Waals surface area (Å²) < 4.78 is 5.36. The fourth-order valence-electron chi connectivity index (χ4n) is 3.90. The second-order valence-electron chi connectivity index (χ2n) is 7.75. The Hall–Kier alpha value is -3.85. The number of likely N-dealkylation sites (N-methyl/N-ethyl adjacent to an activating group) is 1. The van der Waals surface area contributed by atoms with E-state index in [2.05, 4.69) is 10.2 Å². The van der Waals surface area contributed by atoms with E-state index in [-0.39, 0.29) is 5.69 Å². The van der Waals surface area contributed by atoms with Gasteiger partial charge in [0.1, 0.15) is 0 Å². The number of nitrogens with zero attached hydrogens (tertiary/aromatic N) is 3. The molecule has 0 spiro atoms. The van der Waals surface area contributed by atoms with Crippen LogP contribution in [0.1, 0.15) is 27.2 Å². The maximum atomic E-state index is 13.1. The minimum atomic E-state index is -0.596. The lowest BCUT2D eigenvalue weighted by atomic mass is 9.96. The Morgan fingerprint density at radius 3 is 2.78 bits per heavy atom. The van der Waals surface area contributed by atoms with Crippen LogP contribution in [0.5, 0.6) is 0 Å². The number of anilines is 1. The van der Waals surface area contributed by atoms with Crippen LogP contribution in [0.15, 0.2) is 42.5 Å². The van der Waals surface area contributed by atoms with Gasteiger partial charge in [-0.2, -0.15) is 0 Å². The second kappa shape index (κ2) is 8.72. The number of esters is 1. The lowest BCUT2D eigenvalue weighted by Gasteiger charge is -2.26. The van der Waals surface area contributed by atoms with E-state index in [0.717, 1.165) is 24.2 Å². The van der Waals surface area contributed by atoms with E-state index < -0.39 is 23.4 Å². The van der Waals surface area contributed by atoms with Crippen molar-refractivity contribution in [1.82, 2.24) is 9.88 Å². The third kappa shape index (κ3) is 4.15. The highest BCUT2D eigenvalue weighted by atomic mass is 16.6. The largest absolute Gasteiger partial charge is 0.452 e. The molecule has 0 radical (unpaired) electrons. The molecule has 0 saturated carbocycles. The van der Waals surface area contributed by atoms with Gasteiger partial charge in [-0.3, -0.25) is 19.9 Å². The Morgan fingerprint density at radius 2 is 2.00 bits per heavy atom. The summed E-state index contributed by atoms with van der Waals surface area (Å²) in [5, 5.41) is 14.4. The quantitative estimate of drug-likeness (QED) is 0.372. The lowest BCUT2D eigenvalue weighted by Crippen LogP contribution is -2.30. The SMILES string of the molecule is Cc1c(NC(=O)COC(=O)c2c3c(nc4ccccc24)CCN(C)C3)cccc1[N+](=O)[O-]. The molecule has 0 unspecified atom stereocenters. The van der Waals surface area contributed by atoms with Gasteiger partial charge in [0.15, 0.2) is 6.61 Å². The molecule has 164 valence electrons. The number of hydrogen-bond donors (Lipinski definition) is 1. The van der Waals surface area contributed by atoms with Crippen molar-refractivity contribution >= 4 is 34.2 Å². The Bertz CT molecular complexity index is 1240. The van der Waals surface area contributed by atoms with Crippen LogP contribution in [0.2, 0.25) is 0 Å². The average molecular weight is 434 g/mol. The Balaban J connectivity index is 1.55. The number of carbonyl (C=O) groups excluding carboxylic acids is 2. The summed E-state index contributed by atoms with van der Waals surface area (Å²) in [6.45, 7) is 2.45. The smallest absolute Gasteiger partial charge is 0.339 e. The monoisotopic (exact) mass is 434 g/mol. The number of nitrogens with one attached hydrogen (secondary N) is 1. The molecule has 2 heterocycles. The summed E-state index contributed by atoms with van der Waals surface area (Å²) in [4.78, 5) is 42.9. The molecular formula is C23H22N4O5. The molecule has 0 fully saturated rings. The molecule has 0 atom stereocenters. The van der Waals surface area contributed by atoms with Crippen LogP contribution in [0.4, 0.5) is 11.4 Å². The molecule has 1 amide bonds. The van der Waals surface area contributed by atoms with Crippen LogP contribution in [0, 0.1) is 17.0 Å². The van der Waals surface area contributed by atoms with Crippen molar-refractivity contribution in [2.24, 2.45) is 0 Å². The summed E-state index contributed by atoms with van der Waals surface area (Å²) in [6.07, 6.45) is 0.726. The van der Waals surface area contributed by atoms with Crippen molar-refractivity contribution in [3.63, 3.8) is 0 Å². The van der Waals surface area contributed by atoms with Crippen molar-refractivity contribution < 1.29 is 19.2 Å². The lowest BCUT2D eigenvalue weighted by molar-refractivity contribution is -0.385. The number of pyridine rings is 1. The summed E-state index contributed by atoms with van der Waals surface area (Å²) in [5.41, 5.74) is 3.35. The number of ether oxygens (including phenoxy) is 1. The van der Waals surface area contributed by atoms with Gasteiger partial charge in [0.25, 0.3) is 11.6 Å². The molecule has 0 saturated heterocycles. The molecule has 0 bridgehead atoms. The summed E-state index contributed by atoms with van der Waals surface area (Å²) >= 11 is 0. The van der Waals surface area contributed by atoms with Gasteiger partial charge in [0.05, 0.1) is 27.3 Å². The van der Waals surface area contributed by atoms with E-state index in [4.69, 9.17) is 9.72 Å². The number of rotatable bonds is 5. The van der Waals surface area contributed by atoms with Gasteiger partial charge in [-0.15, -0.1) is 0 Å². The van der Waals surface area contributed by atoms with Crippen molar-refractivity contribution in [2.45, 2.75) is 19.9 Å². The van der Waals surface area contributed by atoms with Crippen molar-refractivity contribution in [3.05, 3.63) is 75.0 Å². The molecule has 2 aromatic carbocycles. The zero-order valence-electron chi connectivity index (χ0n) is 17.8. The Morgan fingerprint density at radius 1 is 1.22 bits per heavy atom. The highest BCUT2D eigenvalue weighted by Gasteiger charge is 2.26. The number of aromatic nitrogens is 1. The number of nitro benzene ring substituents is 1. The highest BCUT2D eigenvalue weighted by molar-refractivity contribution is 6.06. The van der Waals surface area contributed by atoms with Gasteiger partial charge < -0.3 is 15.0 Å². The summed E-state index contributed by atoms with van der Waals surface area (Å²) in [6, 6.07) is 11.8. The maximum absolute atomic E-state index is 13.1. The topological polar surface area (TPSA) is 115 Å². The van der Waals surface area contributed by atoms with Crippen LogP contribution in [0.3, 0.4) is 0 Å². The van der Waals surface area contributed by atoms with Gasteiger partial charge in [-0.1, -0.05) is 24.3 Å². The first kappa shape index (κ1) is 21.4. The minimum Gasteiger partial charge on any atom is -0.452 e. The molecule has 1 aliphatic heterocycles. The van der Waals surface area contributed by atoms with E-state index in [1.807, 2.05) is 31.3 Å². The van der Waals surface area contributed by atoms with Gasteiger partial charge in [0, 0.05) is 42.2 Å². The maximum Gasteiger partial charge on any atom is 0.339 e. The second-order valence-corrected chi connectivity index (χ2v) is 7.75. The van der Waals surface area contributed by atoms with E-state index >= 15 is 0 Å². The van der Waals surface area contributed by atoms with Crippen LogP contribution in [-0.2, 0) is 22.5 Å². The van der Waals surface area contributed by atoms with Crippen molar-refractivity contribution in [3.8, 4) is 0 Å². The van der Waals surface area contributed by atoms with Crippen LogP contribution < -0.4 is 5.32 Å². The molecule has 9 heteroatoms. The Kier molecular flexibility index (Phi) is 5.83. The van der Waals surface area contributed by atoms with E-state index in [1.54, 1.807) is 13.0 Å². The standard InChI is InChI=1S/C23H22N4O5/c1-14-17(8-5-9-20(14)27(30)31)25-21(28)13-32-23(29)22-15-6-3-4-7-18(15)24-19-10-11-26(2)12-16(19)22/h3-9H,10-13H2,1-2H3,(H,25,28). The van der Waals surface area contributed by atoms with Crippen LogP contribution in [0.25, 0.3) is 10.9 Å². The molecule has 4 rings (SSSR count). The van der Waals surface area contributed by atoms with Crippen LogP contribution >= 0.6 is 0 Å². The number of nitro groups is 1. The van der Waals surface area contributed by atoms with Gasteiger partial charge >= 0.3 is 5.97 Å². The predicted molar refractivity (Wildman–Crippen MR) is 119 cm³/mol. The van der Waals surface area contributed by atoms with Crippen molar-refractivity contribution in [1.29, 1.82) is 0 Å². The number of fused-ring (bicyclic) bond motifs is 2. The highest BCUT2D eigenvalue weighted by Crippen LogP contribution is 2.28. The average Bonchev–Trinajstić information content (AvgIpc) is 2.77. The van der Waals surface area contributed by atoms with E-state index in [9.17, 15) is 19.7 Å².